The molecule has 1 heterocycles. The quantitative estimate of drug-likeness (QED) is 0.913. The van der Waals surface area contributed by atoms with Crippen LogP contribution in [0, 0.1) is 5.92 Å². The van der Waals surface area contributed by atoms with Gasteiger partial charge < -0.3 is 10.4 Å². The van der Waals surface area contributed by atoms with E-state index in [0.717, 1.165) is 11.1 Å². The highest BCUT2D eigenvalue weighted by atomic mass is 16.4. The van der Waals surface area contributed by atoms with Crippen LogP contribution in [0.3, 0.4) is 0 Å². The van der Waals surface area contributed by atoms with Crippen LogP contribution in [0.1, 0.15) is 21.5 Å². The second-order valence-electron chi connectivity index (χ2n) is 5.25. The molecule has 0 saturated heterocycles. The van der Waals surface area contributed by atoms with E-state index >= 15 is 0 Å². The van der Waals surface area contributed by atoms with Crippen molar-refractivity contribution in [3.63, 3.8) is 0 Å². The standard InChI is InChI=1S/C18H15NO3/c20-17-13(7-6-12-4-2-1-3-5-12)10-15-11-14(18(21)22)8-9-16(15)19-17/h1-9,11,13H,10H2,(H,19,20)(H,21,22). The molecule has 3 rings (SSSR count). The Morgan fingerprint density at radius 2 is 1.95 bits per heavy atom. The summed E-state index contributed by atoms with van der Waals surface area (Å²) >= 11 is 0. The first kappa shape index (κ1) is 14.1. The number of aromatic carboxylic acids is 1. The predicted octanol–water partition coefficient (Wildman–Crippen LogP) is 3.21. The van der Waals surface area contributed by atoms with Crippen molar-refractivity contribution in [3.8, 4) is 0 Å². The maximum Gasteiger partial charge on any atom is 0.335 e. The van der Waals surface area contributed by atoms with Gasteiger partial charge in [0.05, 0.1) is 11.5 Å². The number of hydrogen-bond acceptors (Lipinski definition) is 2. The van der Waals surface area contributed by atoms with Crippen LogP contribution in [0.5, 0.6) is 0 Å². The van der Waals surface area contributed by atoms with E-state index in [1.54, 1.807) is 12.1 Å². The number of anilines is 1. The summed E-state index contributed by atoms with van der Waals surface area (Å²) in [5.41, 5.74) is 2.81. The molecule has 0 radical (unpaired) electrons. The van der Waals surface area contributed by atoms with Gasteiger partial charge in [-0.2, -0.15) is 0 Å². The topological polar surface area (TPSA) is 66.4 Å². The predicted molar refractivity (Wildman–Crippen MR) is 84.7 cm³/mol. The summed E-state index contributed by atoms with van der Waals surface area (Å²) < 4.78 is 0. The molecule has 1 aliphatic rings. The molecule has 2 aromatic carbocycles. The average molecular weight is 293 g/mol. The van der Waals surface area contributed by atoms with Crippen molar-refractivity contribution in [1.29, 1.82) is 0 Å². The largest absolute Gasteiger partial charge is 0.478 e. The summed E-state index contributed by atoms with van der Waals surface area (Å²) in [4.78, 5) is 23.2. The van der Waals surface area contributed by atoms with Crippen LogP contribution in [0.25, 0.3) is 6.08 Å². The Labute approximate surface area is 128 Å². The first-order chi connectivity index (χ1) is 10.6. The highest BCUT2D eigenvalue weighted by molar-refractivity contribution is 5.98. The third-order valence-electron chi connectivity index (χ3n) is 3.71. The molecule has 0 aromatic heterocycles. The van der Waals surface area contributed by atoms with E-state index in [2.05, 4.69) is 5.32 Å². The van der Waals surface area contributed by atoms with Gasteiger partial charge in [-0.25, -0.2) is 4.79 Å². The molecule has 0 saturated carbocycles. The first-order valence-corrected chi connectivity index (χ1v) is 7.04. The average Bonchev–Trinajstić information content (AvgIpc) is 2.53. The molecule has 1 aliphatic heterocycles. The monoisotopic (exact) mass is 293 g/mol. The third kappa shape index (κ3) is 2.91. The molecule has 4 heteroatoms. The number of fused-ring (bicyclic) bond motifs is 1. The molecular formula is C18H15NO3. The van der Waals surface area contributed by atoms with E-state index in [4.69, 9.17) is 5.11 Å². The molecule has 0 aliphatic carbocycles. The first-order valence-electron chi connectivity index (χ1n) is 7.04. The Bertz CT molecular complexity index is 750. The summed E-state index contributed by atoms with van der Waals surface area (Å²) in [5.74, 6) is -1.32. The van der Waals surface area contributed by atoms with Crippen molar-refractivity contribution in [2.45, 2.75) is 6.42 Å². The Kier molecular flexibility index (Phi) is 3.74. The lowest BCUT2D eigenvalue weighted by atomic mass is 9.91. The summed E-state index contributed by atoms with van der Waals surface area (Å²) in [5, 5.41) is 11.9. The highest BCUT2D eigenvalue weighted by Crippen LogP contribution is 2.27. The van der Waals surface area contributed by atoms with Gasteiger partial charge in [-0.3, -0.25) is 4.79 Å². The van der Waals surface area contributed by atoms with E-state index < -0.39 is 5.97 Å². The minimum atomic E-state index is -0.962. The number of nitrogens with one attached hydrogen (secondary N) is 1. The number of carboxylic acids is 1. The zero-order chi connectivity index (χ0) is 15.5. The molecule has 0 spiro atoms. The molecule has 0 fully saturated rings. The second kappa shape index (κ2) is 5.85. The zero-order valence-corrected chi connectivity index (χ0v) is 11.8. The number of carbonyl (C=O) groups excluding carboxylic acids is 1. The molecule has 4 nitrogen and oxygen atoms in total. The van der Waals surface area contributed by atoms with Crippen molar-refractivity contribution in [2.75, 3.05) is 5.32 Å². The number of benzene rings is 2. The van der Waals surface area contributed by atoms with Gasteiger partial charge in [0.25, 0.3) is 0 Å². The maximum absolute atomic E-state index is 12.1. The van der Waals surface area contributed by atoms with Crippen molar-refractivity contribution in [1.82, 2.24) is 0 Å². The van der Waals surface area contributed by atoms with Crippen LogP contribution < -0.4 is 5.32 Å². The maximum atomic E-state index is 12.1. The van der Waals surface area contributed by atoms with Gasteiger partial charge in [-0.1, -0.05) is 42.5 Å². The van der Waals surface area contributed by atoms with E-state index in [1.807, 2.05) is 42.5 Å². The smallest absolute Gasteiger partial charge is 0.335 e. The molecule has 1 atom stereocenters. The van der Waals surface area contributed by atoms with Gasteiger partial charge in [-0.15, -0.1) is 0 Å². The van der Waals surface area contributed by atoms with Crippen molar-refractivity contribution in [2.24, 2.45) is 5.92 Å². The third-order valence-corrected chi connectivity index (χ3v) is 3.71. The normalized spacial score (nSPS) is 17.1. The zero-order valence-electron chi connectivity index (χ0n) is 11.8. The van der Waals surface area contributed by atoms with Gasteiger partial charge in [0.15, 0.2) is 0 Å². The number of carbonyl (C=O) groups is 2. The van der Waals surface area contributed by atoms with Crippen LogP contribution >= 0.6 is 0 Å². The summed E-state index contributed by atoms with van der Waals surface area (Å²) in [6.07, 6.45) is 4.28. The second-order valence-corrected chi connectivity index (χ2v) is 5.25. The summed E-state index contributed by atoms with van der Waals surface area (Å²) in [6.45, 7) is 0. The number of amides is 1. The molecule has 0 bridgehead atoms. The molecule has 1 amide bonds. The summed E-state index contributed by atoms with van der Waals surface area (Å²) in [6, 6.07) is 14.5. The van der Waals surface area contributed by atoms with E-state index in [0.29, 0.717) is 12.1 Å². The fraction of sp³-hybridized carbons (Fsp3) is 0.111. The highest BCUT2D eigenvalue weighted by Gasteiger charge is 2.24. The van der Waals surface area contributed by atoms with Crippen molar-refractivity contribution in [3.05, 3.63) is 71.3 Å². The Balaban J connectivity index is 1.84. The van der Waals surface area contributed by atoms with Crippen molar-refractivity contribution >= 4 is 23.6 Å². The van der Waals surface area contributed by atoms with E-state index in [9.17, 15) is 9.59 Å². The van der Waals surface area contributed by atoms with E-state index in [1.165, 1.54) is 6.07 Å². The van der Waals surface area contributed by atoms with Crippen molar-refractivity contribution < 1.29 is 14.7 Å². The minimum Gasteiger partial charge on any atom is -0.478 e. The number of carboxylic acid groups (broad SMARTS) is 1. The molecule has 2 N–H and O–H groups in total. The lowest BCUT2D eigenvalue weighted by Crippen LogP contribution is -2.28. The van der Waals surface area contributed by atoms with Crippen LogP contribution in [0.15, 0.2) is 54.6 Å². The van der Waals surface area contributed by atoms with Crippen LogP contribution in [-0.4, -0.2) is 17.0 Å². The van der Waals surface area contributed by atoms with Crippen LogP contribution in [0.4, 0.5) is 5.69 Å². The van der Waals surface area contributed by atoms with Gasteiger partial charge in [0.1, 0.15) is 0 Å². The fourth-order valence-electron chi connectivity index (χ4n) is 2.52. The molecule has 2 aromatic rings. The fourth-order valence-corrected chi connectivity index (χ4v) is 2.52. The Morgan fingerprint density at radius 1 is 1.18 bits per heavy atom. The van der Waals surface area contributed by atoms with Crippen LogP contribution in [0.2, 0.25) is 0 Å². The number of hydrogen-bond donors (Lipinski definition) is 2. The van der Waals surface area contributed by atoms with Gasteiger partial charge in [0, 0.05) is 5.69 Å². The lowest BCUT2D eigenvalue weighted by Gasteiger charge is -2.22. The molecule has 1 unspecified atom stereocenters. The summed E-state index contributed by atoms with van der Waals surface area (Å²) in [7, 11) is 0. The molecular weight excluding hydrogens is 278 g/mol. The van der Waals surface area contributed by atoms with Crippen LogP contribution in [-0.2, 0) is 11.2 Å². The Hall–Kier alpha value is -2.88. The van der Waals surface area contributed by atoms with Gasteiger partial charge in [0.2, 0.25) is 5.91 Å². The lowest BCUT2D eigenvalue weighted by molar-refractivity contribution is -0.118. The molecule has 22 heavy (non-hydrogen) atoms. The SMILES string of the molecule is O=C(O)c1ccc2c(c1)CC(C=Cc1ccccc1)C(=O)N2. The number of rotatable bonds is 3. The molecule has 110 valence electrons. The van der Waals surface area contributed by atoms with Gasteiger partial charge in [-0.05, 0) is 35.7 Å². The van der Waals surface area contributed by atoms with Gasteiger partial charge >= 0.3 is 5.97 Å². The Morgan fingerprint density at radius 3 is 2.68 bits per heavy atom. The van der Waals surface area contributed by atoms with E-state index in [-0.39, 0.29) is 17.4 Å². The minimum absolute atomic E-state index is 0.0669.